The minimum absolute atomic E-state index is 0.0835. The molecule has 1 aromatic heterocycles. The van der Waals surface area contributed by atoms with Gasteiger partial charge in [0.2, 0.25) is 16.0 Å². The molecule has 172 valence electrons. The van der Waals surface area contributed by atoms with Gasteiger partial charge in [-0.15, -0.1) is 0 Å². The Kier molecular flexibility index (Phi) is 5.46. The highest BCUT2D eigenvalue weighted by atomic mass is 32.2. The maximum atomic E-state index is 14.4. The van der Waals surface area contributed by atoms with Crippen LogP contribution in [0.15, 0.2) is 6.20 Å². The van der Waals surface area contributed by atoms with Gasteiger partial charge in [0.15, 0.2) is 0 Å². The van der Waals surface area contributed by atoms with Gasteiger partial charge in [-0.25, -0.2) is 17.7 Å². The third-order valence-corrected chi connectivity index (χ3v) is 7.76. The number of carbonyl (C=O) groups is 1. The zero-order valence-corrected chi connectivity index (χ0v) is 18.3. The van der Waals surface area contributed by atoms with Gasteiger partial charge in [0.1, 0.15) is 5.82 Å². The molecule has 3 heterocycles. The number of nitrogens with zero attached hydrogens (tertiary/aromatic N) is 4. The number of aliphatic hydroxyl groups is 1. The Morgan fingerprint density at radius 1 is 1.26 bits per heavy atom. The number of amides is 1. The number of rotatable bonds is 4. The van der Waals surface area contributed by atoms with E-state index in [2.05, 4.69) is 15.3 Å². The van der Waals surface area contributed by atoms with Crippen LogP contribution < -0.4 is 10.2 Å². The number of hydrogen-bond donors (Lipinski definition) is 2. The van der Waals surface area contributed by atoms with Crippen LogP contribution in [0.5, 0.6) is 0 Å². The average Bonchev–Trinajstić information content (AvgIpc) is 3.02. The molecule has 0 spiro atoms. The Bertz CT molecular complexity index is 980. The number of aromatic nitrogens is 2. The predicted molar refractivity (Wildman–Crippen MR) is 109 cm³/mol. The van der Waals surface area contributed by atoms with Crippen LogP contribution in [-0.2, 0) is 21.2 Å². The minimum atomic E-state index is -3.58. The normalized spacial score (nSPS) is 29.8. The summed E-state index contributed by atoms with van der Waals surface area (Å²) in [6.45, 7) is 2.28. The number of halogens is 2. The van der Waals surface area contributed by atoms with Crippen LogP contribution in [0, 0.1) is 0 Å². The van der Waals surface area contributed by atoms with Gasteiger partial charge in [0.25, 0.3) is 5.91 Å². The van der Waals surface area contributed by atoms with Crippen molar-refractivity contribution in [2.75, 3.05) is 29.6 Å². The molecule has 1 aromatic rings. The van der Waals surface area contributed by atoms with Gasteiger partial charge in [-0.05, 0) is 39.0 Å². The smallest absolute Gasteiger partial charge is 0.329 e. The van der Waals surface area contributed by atoms with Crippen molar-refractivity contribution in [3.8, 4) is 0 Å². The molecule has 0 unspecified atom stereocenters. The third-order valence-electron chi connectivity index (χ3n) is 6.46. The molecule has 0 radical (unpaired) electrons. The summed E-state index contributed by atoms with van der Waals surface area (Å²) in [5.41, 5.74) is -1.12. The van der Waals surface area contributed by atoms with Gasteiger partial charge in [-0.2, -0.15) is 13.8 Å². The highest BCUT2D eigenvalue weighted by Crippen LogP contribution is 2.42. The van der Waals surface area contributed by atoms with E-state index in [-0.39, 0.29) is 23.4 Å². The lowest BCUT2D eigenvalue weighted by molar-refractivity contribution is -0.145. The molecule has 1 amide bonds. The van der Waals surface area contributed by atoms with Crippen molar-refractivity contribution in [1.82, 2.24) is 14.3 Å². The molecule has 1 aliphatic carbocycles. The van der Waals surface area contributed by atoms with E-state index in [4.69, 9.17) is 0 Å². The van der Waals surface area contributed by atoms with E-state index < -0.39 is 39.9 Å². The zero-order chi connectivity index (χ0) is 22.6. The van der Waals surface area contributed by atoms with Gasteiger partial charge in [0, 0.05) is 30.9 Å². The number of nitrogens with one attached hydrogen (secondary N) is 1. The first-order valence-electron chi connectivity index (χ1n) is 10.4. The standard InChI is InChI=1S/C19H27F2N5O4S/c1-18(28)7-3-4-14(18)26-15-12(10-19(20,21)16(26)27)11-22-17(24-15)23-13-5-8-25(9-6-13)31(2,29)30/h11,13-14,28H,3-10H2,1-2H3,(H,22,23,24)/t14-,18-/m1/s1. The molecular weight excluding hydrogens is 432 g/mol. The fourth-order valence-electron chi connectivity index (χ4n) is 4.73. The summed E-state index contributed by atoms with van der Waals surface area (Å²) in [5, 5.41) is 13.8. The van der Waals surface area contributed by atoms with Crippen molar-refractivity contribution in [3.63, 3.8) is 0 Å². The fourth-order valence-corrected chi connectivity index (χ4v) is 5.60. The van der Waals surface area contributed by atoms with Gasteiger partial charge in [-0.3, -0.25) is 9.69 Å². The quantitative estimate of drug-likeness (QED) is 0.694. The summed E-state index contributed by atoms with van der Waals surface area (Å²) in [6, 6.07) is -0.870. The second-order valence-corrected chi connectivity index (χ2v) is 10.9. The van der Waals surface area contributed by atoms with Crippen molar-refractivity contribution >= 4 is 27.7 Å². The van der Waals surface area contributed by atoms with Crippen LogP contribution >= 0.6 is 0 Å². The van der Waals surface area contributed by atoms with Gasteiger partial charge >= 0.3 is 5.92 Å². The first kappa shape index (κ1) is 22.3. The van der Waals surface area contributed by atoms with E-state index in [9.17, 15) is 27.1 Å². The monoisotopic (exact) mass is 459 g/mol. The Hall–Kier alpha value is -1.92. The number of hydrogen-bond acceptors (Lipinski definition) is 7. The minimum Gasteiger partial charge on any atom is -0.388 e. The third kappa shape index (κ3) is 4.24. The molecule has 4 rings (SSSR count). The summed E-state index contributed by atoms with van der Waals surface area (Å²) in [5.74, 6) is -4.63. The van der Waals surface area contributed by atoms with Crippen LogP contribution in [-0.4, -0.2) is 76.7 Å². The average molecular weight is 460 g/mol. The summed E-state index contributed by atoms with van der Waals surface area (Å²) < 4.78 is 53.6. The molecule has 9 nitrogen and oxygen atoms in total. The van der Waals surface area contributed by atoms with Crippen LogP contribution in [0.2, 0.25) is 0 Å². The number of anilines is 2. The van der Waals surface area contributed by atoms with Crippen molar-refractivity contribution < 1.29 is 27.1 Å². The molecule has 2 fully saturated rings. The summed E-state index contributed by atoms with van der Waals surface area (Å²) >= 11 is 0. The van der Waals surface area contributed by atoms with E-state index >= 15 is 0 Å². The summed E-state index contributed by atoms with van der Waals surface area (Å²) in [6.07, 6.45) is 4.23. The molecule has 2 atom stereocenters. The SMILES string of the molecule is C[C@@]1(O)CCC[C@H]1N1C(=O)C(F)(F)Cc2cnc(NC3CCN(S(C)(=O)=O)CC3)nc21. The number of fused-ring (bicyclic) bond motifs is 1. The number of piperidine rings is 1. The van der Waals surface area contributed by atoms with E-state index in [1.807, 2.05) is 0 Å². The van der Waals surface area contributed by atoms with Gasteiger partial charge in [0.05, 0.1) is 24.3 Å². The van der Waals surface area contributed by atoms with Gasteiger partial charge in [-0.1, -0.05) is 0 Å². The van der Waals surface area contributed by atoms with Crippen molar-refractivity contribution in [2.24, 2.45) is 0 Å². The second-order valence-electron chi connectivity index (χ2n) is 8.94. The van der Waals surface area contributed by atoms with Crippen LogP contribution in [0.4, 0.5) is 20.5 Å². The molecule has 0 aromatic carbocycles. The Labute approximate surface area is 179 Å². The van der Waals surface area contributed by atoms with Crippen molar-refractivity contribution in [2.45, 2.75) is 69.1 Å². The van der Waals surface area contributed by atoms with Crippen LogP contribution in [0.25, 0.3) is 0 Å². The Morgan fingerprint density at radius 2 is 1.94 bits per heavy atom. The molecular formula is C19H27F2N5O4S. The lowest BCUT2D eigenvalue weighted by Crippen LogP contribution is -2.58. The lowest BCUT2D eigenvalue weighted by Gasteiger charge is -2.41. The molecule has 1 saturated heterocycles. The van der Waals surface area contributed by atoms with E-state index in [1.165, 1.54) is 16.8 Å². The second kappa shape index (κ2) is 7.59. The first-order valence-corrected chi connectivity index (χ1v) is 12.2. The number of sulfonamides is 1. The maximum Gasteiger partial charge on any atom is 0.329 e. The number of carbonyl (C=O) groups excluding carboxylic acids is 1. The van der Waals surface area contributed by atoms with E-state index in [1.54, 1.807) is 6.92 Å². The molecule has 2 aliphatic heterocycles. The van der Waals surface area contributed by atoms with E-state index in [0.29, 0.717) is 45.2 Å². The molecule has 12 heteroatoms. The van der Waals surface area contributed by atoms with Crippen molar-refractivity contribution in [1.29, 1.82) is 0 Å². The molecule has 3 aliphatic rings. The fraction of sp³-hybridized carbons (Fsp3) is 0.737. The zero-order valence-electron chi connectivity index (χ0n) is 17.5. The first-order chi connectivity index (χ1) is 14.4. The Balaban J connectivity index is 1.59. The van der Waals surface area contributed by atoms with Gasteiger partial charge < -0.3 is 10.4 Å². The highest BCUT2D eigenvalue weighted by Gasteiger charge is 2.54. The molecule has 31 heavy (non-hydrogen) atoms. The van der Waals surface area contributed by atoms with E-state index in [0.717, 1.165) is 4.90 Å². The summed E-state index contributed by atoms with van der Waals surface area (Å²) in [4.78, 5) is 22.1. The molecule has 0 bridgehead atoms. The molecule has 2 N–H and O–H groups in total. The highest BCUT2D eigenvalue weighted by molar-refractivity contribution is 7.88. The van der Waals surface area contributed by atoms with Crippen LogP contribution in [0.3, 0.4) is 0 Å². The van der Waals surface area contributed by atoms with Crippen molar-refractivity contribution in [3.05, 3.63) is 11.8 Å². The maximum absolute atomic E-state index is 14.4. The molecule has 1 saturated carbocycles. The van der Waals surface area contributed by atoms with Crippen LogP contribution in [0.1, 0.15) is 44.6 Å². The number of alkyl halides is 2. The Morgan fingerprint density at radius 3 is 2.52 bits per heavy atom. The largest absolute Gasteiger partial charge is 0.388 e. The topological polar surface area (TPSA) is 116 Å². The lowest BCUT2D eigenvalue weighted by atomic mass is 9.94. The predicted octanol–water partition coefficient (Wildman–Crippen LogP) is 1.14. The summed E-state index contributed by atoms with van der Waals surface area (Å²) in [7, 11) is -3.24.